The monoisotopic (exact) mass is 722 g/mol. The second-order valence-corrected chi connectivity index (χ2v) is 15.4. The third-order valence-electron chi connectivity index (χ3n) is 7.81. The number of thioether (sulfide) groups is 1. The van der Waals surface area contributed by atoms with Gasteiger partial charge in [-0.2, -0.15) is 16.9 Å². The normalized spacial score (nSPS) is 17.6. The molecule has 2 unspecified atom stereocenters. The highest BCUT2D eigenvalue weighted by atomic mass is 35.5. The molecule has 2 heterocycles. The van der Waals surface area contributed by atoms with Gasteiger partial charge in [0, 0.05) is 54.5 Å². The number of carbonyl (C=O) groups excluding carboxylic acids is 2. The number of nitrogens with zero attached hydrogens (tertiary/aromatic N) is 4. The summed E-state index contributed by atoms with van der Waals surface area (Å²) in [6.45, 7) is 8.45. The van der Waals surface area contributed by atoms with E-state index in [2.05, 4.69) is 29.3 Å². The number of rotatable bonds is 13. The van der Waals surface area contributed by atoms with E-state index in [0.29, 0.717) is 65.7 Å². The molecule has 2 aromatic rings. The minimum absolute atomic E-state index is 0.0375. The number of Topliss-reactive ketones (excluding diaryl/α,β-unsaturated/α-hetero) is 1. The number of sulfone groups is 1. The smallest absolute Gasteiger partial charge is 0.220 e. The average molecular weight is 723 g/mol. The molecule has 2 N–H and O–H groups in total. The summed E-state index contributed by atoms with van der Waals surface area (Å²) in [6, 6.07) is 2.83. The predicted octanol–water partition coefficient (Wildman–Crippen LogP) is 6.04. The van der Waals surface area contributed by atoms with Crippen LogP contribution in [0, 0.1) is 12.8 Å². The summed E-state index contributed by atoms with van der Waals surface area (Å²) in [6.07, 6.45) is 6.93. The fraction of sp³-hybridized carbons (Fsp3) is 0.485. The number of aliphatic hydroxyl groups is 1. The number of halogens is 1. The minimum Gasteiger partial charge on any atom is -0.511 e. The van der Waals surface area contributed by atoms with E-state index in [1.54, 1.807) is 13.0 Å². The lowest BCUT2D eigenvalue weighted by atomic mass is 9.82. The van der Waals surface area contributed by atoms with Crippen LogP contribution in [0.4, 0.5) is 0 Å². The number of allylic oxidation sites excluding steroid dienone is 2. The van der Waals surface area contributed by atoms with E-state index >= 15 is 0 Å². The molecule has 0 saturated heterocycles. The number of hydrogen-bond acceptors (Lipinski definition) is 12. The van der Waals surface area contributed by atoms with Crippen molar-refractivity contribution in [3.05, 3.63) is 63.5 Å². The van der Waals surface area contributed by atoms with Gasteiger partial charge in [0.1, 0.15) is 24.5 Å². The van der Waals surface area contributed by atoms with Gasteiger partial charge in [-0.1, -0.05) is 42.7 Å². The van der Waals surface area contributed by atoms with Crippen LogP contribution in [-0.2, 0) is 31.4 Å². The Morgan fingerprint density at radius 1 is 1.27 bits per heavy atom. The van der Waals surface area contributed by atoms with E-state index in [0.717, 1.165) is 18.4 Å². The van der Waals surface area contributed by atoms with Crippen molar-refractivity contribution >= 4 is 56.2 Å². The van der Waals surface area contributed by atoms with Crippen LogP contribution in [0.3, 0.4) is 0 Å². The molecule has 15 heteroatoms. The summed E-state index contributed by atoms with van der Waals surface area (Å²) in [5.41, 5.74) is 3.87. The molecule has 0 spiro atoms. The fourth-order valence-electron chi connectivity index (χ4n) is 5.59. The molecule has 1 aromatic heterocycles. The van der Waals surface area contributed by atoms with Gasteiger partial charge in [0.25, 0.3) is 0 Å². The maximum Gasteiger partial charge on any atom is 0.220 e. The predicted molar refractivity (Wildman–Crippen MR) is 188 cm³/mol. The van der Waals surface area contributed by atoms with Gasteiger partial charge >= 0.3 is 0 Å². The van der Waals surface area contributed by atoms with Crippen LogP contribution in [0.25, 0.3) is 0 Å². The first kappa shape index (κ1) is 38.8. The molecule has 262 valence electrons. The molecule has 2 aliphatic rings. The molecule has 2 atom stereocenters. The number of ketones is 2. The van der Waals surface area contributed by atoms with Crippen molar-refractivity contribution in [1.29, 1.82) is 0 Å². The highest BCUT2D eigenvalue weighted by molar-refractivity contribution is 7.99. The van der Waals surface area contributed by atoms with Gasteiger partial charge in [-0.3, -0.25) is 9.59 Å². The Labute approximate surface area is 290 Å². The van der Waals surface area contributed by atoms with Crippen LogP contribution in [0.1, 0.15) is 79.9 Å². The van der Waals surface area contributed by atoms with E-state index in [4.69, 9.17) is 21.3 Å². The van der Waals surface area contributed by atoms with Crippen LogP contribution < -0.4 is 0 Å². The first-order valence-electron chi connectivity index (χ1n) is 15.5. The molecular formula is C33H43ClN4O8S2. The number of aromatic nitrogens is 2. The lowest BCUT2D eigenvalue weighted by Crippen LogP contribution is -2.26. The zero-order valence-corrected chi connectivity index (χ0v) is 30.4. The van der Waals surface area contributed by atoms with E-state index in [1.807, 2.05) is 18.7 Å². The van der Waals surface area contributed by atoms with Crippen molar-refractivity contribution in [3.8, 4) is 5.88 Å². The van der Waals surface area contributed by atoms with Crippen molar-refractivity contribution in [1.82, 2.24) is 9.78 Å². The molecule has 0 bridgehead atoms. The average Bonchev–Trinajstić information content (AvgIpc) is 3.67. The first-order chi connectivity index (χ1) is 22.7. The molecule has 1 aromatic carbocycles. The summed E-state index contributed by atoms with van der Waals surface area (Å²) in [4.78, 5) is 35.5. The molecule has 1 aliphatic carbocycles. The Balaban J connectivity index is 0.000000262. The maximum atomic E-state index is 12.8. The van der Waals surface area contributed by atoms with Crippen molar-refractivity contribution in [3.63, 3.8) is 0 Å². The Morgan fingerprint density at radius 2 is 2.00 bits per heavy atom. The molecule has 0 saturated carbocycles. The van der Waals surface area contributed by atoms with Crippen molar-refractivity contribution in [2.75, 3.05) is 25.2 Å². The molecule has 0 fully saturated rings. The Morgan fingerprint density at radius 3 is 2.54 bits per heavy atom. The molecule has 1 aliphatic heterocycles. The van der Waals surface area contributed by atoms with Gasteiger partial charge < -0.3 is 19.9 Å². The summed E-state index contributed by atoms with van der Waals surface area (Å²) in [5, 5.41) is 32.5. The zero-order chi connectivity index (χ0) is 35.6. The molecule has 48 heavy (non-hydrogen) atoms. The van der Waals surface area contributed by atoms with Crippen molar-refractivity contribution in [2.45, 2.75) is 69.9 Å². The first-order valence-corrected chi connectivity index (χ1v) is 18.9. The Kier molecular flexibility index (Phi) is 14.3. The summed E-state index contributed by atoms with van der Waals surface area (Å²) >= 11 is 7.30. The van der Waals surface area contributed by atoms with Gasteiger partial charge in [-0.15, -0.1) is 0 Å². The number of aryl methyl sites for hydroxylation is 1. The summed E-state index contributed by atoms with van der Waals surface area (Å²) in [7, 11) is -2.00. The molecule has 0 radical (unpaired) electrons. The summed E-state index contributed by atoms with van der Waals surface area (Å²) < 4.78 is 25.5. The SMILES string of the molecule is CCSC(C)CC1CC(=O)C(/C(CC)=N/OC/C=C/Cl)=C(O)C1.Cc1c(C(=O)c2cnn(C)c2O)ccc(S(C)(=O)=O)c1C1=NOCC1. The van der Waals surface area contributed by atoms with E-state index < -0.39 is 15.6 Å². The zero-order valence-electron chi connectivity index (χ0n) is 28.0. The number of benzene rings is 1. The number of aromatic hydroxyl groups is 1. The second kappa shape index (κ2) is 17.7. The Hall–Kier alpha value is -3.62. The molecule has 4 rings (SSSR count). The lowest BCUT2D eigenvalue weighted by molar-refractivity contribution is -0.116. The van der Waals surface area contributed by atoms with Crippen molar-refractivity contribution < 1.29 is 37.9 Å². The number of hydrogen-bond donors (Lipinski definition) is 2. The third kappa shape index (κ3) is 9.73. The maximum absolute atomic E-state index is 12.8. The highest BCUT2D eigenvalue weighted by Crippen LogP contribution is 2.33. The van der Waals surface area contributed by atoms with Gasteiger partial charge in [-0.05, 0) is 55.2 Å². The minimum atomic E-state index is -3.52. The van der Waals surface area contributed by atoms with Crippen LogP contribution >= 0.6 is 23.4 Å². The molecule has 0 amide bonds. The van der Waals surface area contributed by atoms with Crippen LogP contribution in [0.5, 0.6) is 5.88 Å². The number of carbonyl (C=O) groups is 2. The molecular weight excluding hydrogens is 680 g/mol. The van der Waals surface area contributed by atoms with Crippen LogP contribution in [-0.4, -0.2) is 81.9 Å². The number of aliphatic hydroxyl groups excluding tert-OH is 1. The van der Waals surface area contributed by atoms with Crippen LogP contribution in [0.2, 0.25) is 0 Å². The highest BCUT2D eigenvalue weighted by Gasteiger charge is 2.31. The topological polar surface area (TPSA) is 170 Å². The van der Waals surface area contributed by atoms with Gasteiger partial charge in [0.15, 0.2) is 21.4 Å². The number of oxime groups is 2. The summed E-state index contributed by atoms with van der Waals surface area (Å²) in [5.74, 6) is 0.694. The largest absolute Gasteiger partial charge is 0.511 e. The fourth-order valence-corrected chi connectivity index (χ4v) is 7.60. The second-order valence-electron chi connectivity index (χ2n) is 11.4. The van der Waals surface area contributed by atoms with Crippen LogP contribution in [0.15, 0.2) is 56.5 Å². The van der Waals surface area contributed by atoms with E-state index in [1.165, 1.54) is 35.6 Å². The van der Waals surface area contributed by atoms with Gasteiger partial charge in [0.05, 0.1) is 28.1 Å². The van der Waals surface area contributed by atoms with E-state index in [9.17, 15) is 28.2 Å². The van der Waals surface area contributed by atoms with Crippen molar-refractivity contribution in [2.24, 2.45) is 23.3 Å². The van der Waals surface area contributed by atoms with Gasteiger partial charge in [0.2, 0.25) is 5.88 Å². The third-order valence-corrected chi connectivity index (χ3v) is 10.2. The lowest BCUT2D eigenvalue weighted by Gasteiger charge is -2.25. The Bertz CT molecular complexity index is 1730. The van der Waals surface area contributed by atoms with Gasteiger partial charge in [-0.25, -0.2) is 13.1 Å². The molecule has 12 nitrogen and oxygen atoms in total. The quantitative estimate of drug-likeness (QED) is 0.108. The standard InChI is InChI=1S/C17H26ClNO3S.C16H17N3O5S/c1-4-14(19-22-8-6-7-18)17-15(20)10-13(11-16(17)21)9-12(3)23-5-2;1-9-10(15(20)11-8-17-19(2)16(11)21)4-5-13(25(3,22)23)14(9)12-6-7-24-18-12/h6-7,12-13,20H,4-5,8-11H2,1-3H3;4-5,8,21H,6-7H2,1-3H3/b7-6+,19-14+;. The van der Waals surface area contributed by atoms with E-state index in [-0.39, 0.29) is 46.0 Å².